The van der Waals surface area contributed by atoms with Crippen molar-refractivity contribution in [1.82, 2.24) is 10.2 Å². The lowest BCUT2D eigenvalue weighted by Crippen LogP contribution is -2.51. The molecule has 0 saturated heterocycles. The molecule has 0 heterocycles. The molecule has 1 atom stereocenters. The smallest absolute Gasteiger partial charge is 0.244 e. The van der Waals surface area contributed by atoms with Gasteiger partial charge in [0.25, 0.3) is 0 Å². The minimum Gasteiger partial charge on any atom is -0.354 e. The minimum absolute atomic E-state index is 0.209. The summed E-state index contributed by atoms with van der Waals surface area (Å²) in [4.78, 5) is 27.9. The Balaban J connectivity index is 2.40. The third kappa shape index (κ3) is 7.32. The molecule has 0 aliphatic heterocycles. The van der Waals surface area contributed by atoms with E-state index in [1.54, 1.807) is 19.1 Å². The summed E-state index contributed by atoms with van der Waals surface area (Å²) in [5.74, 6) is -0.687. The normalized spacial score (nSPS) is 12.1. The van der Waals surface area contributed by atoms with E-state index in [9.17, 15) is 18.0 Å². The number of carbonyl (C=O) groups excluding carboxylic acids is 2. The van der Waals surface area contributed by atoms with Crippen molar-refractivity contribution in [1.29, 1.82) is 0 Å². The van der Waals surface area contributed by atoms with Crippen molar-refractivity contribution in [3.63, 3.8) is 0 Å². The van der Waals surface area contributed by atoms with Gasteiger partial charge < -0.3 is 10.2 Å². The zero-order valence-electron chi connectivity index (χ0n) is 20.9. The number of aryl methyl sites for hydroxylation is 2. The van der Waals surface area contributed by atoms with Gasteiger partial charge in [0.15, 0.2) is 0 Å². The molecule has 0 spiro atoms. The maximum absolute atomic E-state index is 13.6. The van der Waals surface area contributed by atoms with Crippen LogP contribution in [0.2, 0.25) is 0 Å². The molecule has 0 aromatic heterocycles. The lowest BCUT2D eigenvalue weighted by atomic mass is 10.1. The molecule has 2 amide bonds. The van der Waals surface area contributed by atoms with E-state index in [2.05, 4.69) is 5.32 Å². The van der Waals surface area contributed by atoms with Crippen LogP contribution in [0.3, 0.4) is 0 Å². The molecule has 2 aromatic rings. The quantitative estimate of drug-likeness (QED) is 0.463. The minimum atomic E-state index is -3.74. The second kappa shape index (κ2) is 12.6. The molecule has 0 aliphatic carbocycles. The van der Waals surface area contributed by atoms with Gasteiger partial charge in [-0.3, -0.25) is 13.9 Å². The highest BCUT2D eigenvalue weighted by atomic mass is 32.2. The molecule has 0 unspecified atom stereocenters. The van der Waals surface area contributed by atoms with E-state index < -0.39 is 22.0 Å². The summed E-state index contributed by atoms with van der Waals surface area (Å²) >= 11 is 0. The van der Waals surface area contributed by atoms with Crippen LogP contribution in [0, 0.1) is 6.92 Å². The SMILES string of the molecule is CCCCNC(=O)[C@H](C)N(Cc1ccccc1C)C(=O)CN(c1ccccc1CC)S(C)(=O)=O. The molecule has 2 aromatic carbocycles. The molecule has 2 rings (SSSR count). The maximum atomic E-state index is 13.6. The Bertz CT molecular complexity index is 1080. The fourth-order valence-electron chi connectivity index (χ4n) is 3.74. The molecule has 34 heavy (non-hydrogen) atoms. The van der Waals surface area contributed by atoms with Crippen LogP contribution in [0.15, 0.2) is 48.5 Å². The van der Waals surface area contributed by atoms with Crippen molar-refractivity contribution in [3.05, 3.63) is 65.2 Å². The van der Waals surface area contributed by atoms with Crippen molar-refractivity contribution in [3.8, 4) is 0 Å². The van der Waals surface area contributed by atoms with Crippen LogP contribution >= 0.6 is 0 Å². The topological polar surface area (TPSA) is 86.8 Å². The van der Waals surface area contributed by atoms with Crippen LogP contribution in [0.4, 0.5) is 5.69 Å². The van der Waals surface area contributed by atoms with Crippen LogP contribution in [0.25, 0.3) is 0 Å². The number of para-hydroxylation sites is 1. The van der Waals surface area contributed by atoms with E-state index in [1.165, 1.54) is 4.90 Å². The lowest BCUT2D eigenvalue weighted by Gasteiger charge is -2.32. The summed E-state index contributed by atoms with van der Waals surface area (Å²) in [6, 6.07) is 14.1. The number of hydrogen-bond acceptors (Lipinski definition) is 4. The van der Waals surface area contributed by atoms with Gasteiger partial charge in [0.05, 0.1) is 11.9 Å². The Morgan fingerprint density at radius 1 is 1.00 bits per heavy atom. The van der Waals surface area contributed by atoms with Gasteiger partial charge in [-0.25, -0.2) is 8.42 Å². The summed E-state index contributed by atoms with van der Waals surface area (Å²) in [7, 11) is -3.74. The largest absolute Gasteiger partial charge is 0.354 e. The van der Waals surface area contributed by atoms with E-state index in [4.69, 9.17) is 0 Å². The number of carbonyl (C=O) groups is 2. The van der Waals surface area contributed by atoms with Gasteiger partial charge in [-0.2, -0.15) is 0 Å². The molecule has 0 saturated carbocycles. The number of nitrogens with zero attached hydrogens (tertiary/aromatic N) is 2. The Morgan fingerprint density at radius 3 is 2.21 bits per heavy atom. The summed E-state index contributed by atoms with van der Waals surface area (Å²) < 4.78 is 26.6. The number of benzene rings is 2. The van der Waals surface area contributed by atoms with Crippen LogP contribution in [0.5, 0.6) is 0 Å². The van der Waals surface area contributed by atoms with E-state index in [1.807, 2.05) is 57.2 Å². The van der Waals surface area contributed by atoms with E-state index in [0.717, 1.165) is 40.1 Å². The molecule has 0 radical (unpaired) electrons. The van der Waals surface area contributed by atoms with Crippen LogP contribution < -0.4 is 9.62 Å². The zero-order chi connectivity index (χ0) is 25.3. The summed E-state index contributed by atoms with van der Waals surface area (Å²) in [5.41, 5.74) is 3.22. The standard InChI is InChI=1S/C26H37N3O4S/c1-6-8-17-27-26(31)21(4)28(18-23-15-10-9-13-20(23)3)25(30)19-29(34(5,32)33)24-16-12-11-14-22(24)7-2/h9-16,21H,6-8,17-19H2,1-5H3,(H,27,31)/t21-/m0/s1. The number of nitrogens with one attached hydrogen (secondary N) is 1. The summed E-state index contributed by atoms with van der Waals surface area (Å²) in [6.07, 6.45) is 3.51. The second-order valence-corrected chi connectivity index (χ2v) is 10.4. The highest BCUT2D eigenvalue weighted by Gasteiger charge is 2.30. The molecular formula is C26H37N3O4S. The highest BCUT2D eigenvalue weighted by molar-refractivity contribution is 7.92. The van der Waals surface area contributed by atoms with Gasteiger partial charge in [-0.05, 0) is 49.4 Å². The second-order valence-electron chi connectivity index (χ2n) is 8.52. The van der Waals surface area contributed by atoms with Crippen molar-refractivity contribution in [2.75, 3.05) is 23.7 Å². The first kappa shape index (κ1) is 27.4. The molecule has 8 heteroatoms. The molecule has 186 valence electrons. The van der Waals surface area contributed by atoms with Crippen molar-refractivity contribution >= 4 is 27.5 Å². The van der Waals surface area contributed by atoms with Crippen LogP contribution in [-0.4, -0.2) is 50.5 Å². The van der Waals surface area contributed by atoms with E-state index >= 15 is 0 Å². The fourth-order valence-corrected chi connectivity index (χ4v) is 4.62. The van der Waals surface area contributed by atoms with Gasteiger partial charge in [-0.15, -0.1) is 0 Å². The number of anilines is 1. The Hall–Kier alpha value is -2.87. The van der Waals surface area contributed by atoms with Gasteiger partial charge in [-0.1, -0.05) is 62.7 Å². The van der Waals surface area contributed by atoms with Crippen molar-refractivity contribution < 1.29 is 18.0 Å². The monoisotopic (exact) mass is 487 g/mol. The molecule has 1 N–H and O–H groups in total. The molecule has 0 fully saturated rings. The number of rotatable bonds is 12. The Labute approximate surface area is 204 Å². The van der Waals surface area contributed by atoms with Gasteiger partial charge in [0.2, 0.25) is 21.8 Å². The van der Waals surface area contributed by atoms with Gasteiger partial charge in [0, 0.05) is 13.1 Å². The number of sulfonamides is 1. The van der Waals surface area contributed by atoms with E-state index in [-0.39, 0.29) is 19.0 Å². The Morgan fingerprint density at radius 2 is 1.62 bits per heavy atom. The fraction of sp³-hybridized carbons (Fsp3) is 0.462. The summed E-state index contributed by atoms with van der Waals surface area (Å²) in [5, 5.41) is 2.89. The average molecular weight is 488 g/mol. The van der Waals surface area contributed by atoms with Gasteiger partial charge >= 0.3 is 0 Å². The third-order valence-corrected chi connectivity index (χ3v) is 7.05. The van der Waals surface area contributed by atoms with Crippen molar-refractivity contribution in [2.45, 2.75) is 59.5 Å². The average Bonchev–Trinajstić information content (AvgIpc) is 2.80. The summed E-state index contributed by atoms with van der Waals surface area (Å²) in [6.45, 7) is 7.97. The highest BCUT2D eigenvalue weighted by Crippen LogP contribution is 2.24. The predicted molar refractivity (Wildman–Crippen MR) is 137 cm³/mol. The number of amides is 2. The zero-order valence-corrected chi connectivity index (χ0v) is 21.7. The van der Waals surface area contributed by atoms with E-state index in [0.29, 0.717) is 18.7 Å². The lowest BCUT2D eigenvalue weighted by molar-refractivity contribution is -0.139. The van der Waals surface area contributed by atoms with Crippen LogP contribution in [-0.2, 0) is 32.6 Å². The van der Waals surface area contributed by atoms with Crippen LogP contribution in [0.1, 0.15) is 50.3 Å². The first-order chi connectivity index (χ1) is 16.1. The first-order valence-corrected chi connectivity index (χ1v) is 13.6. The number of hydrogen-bond donors (Lipinski definition) is 1. The third-order valence-electron chi connectivity index (χ3n) is 5.92. The Kier molecular flexibility index (Phi) is 10.1. The molecule has 0 bridgehead atoms. The van der Waals surface area contributed by atoms with Crippen molar-refractivity contribution in [2.24, 2.45) is 0 Å². The van der Waals surface area contributed by atoms with Gasteiger partial charge in [0.1, 0.15) is 12.6 Å². The predicted octanol–water partition coefficient (Wildman–Crippen LogP) is 3.66. The molecular weight excluding hydrogens is 450 g/mol. The first-order valence-electron chi connectivity index (χ1n) is 11.8. The maximum Gasteiger partial charge on any atom is 0.244 e. The number of unbranched alkanes of at least 4 members (excludes halogenated alkanes) is 1. The molecule has 7 nitrogen and oxygen atoms in total. The molecule has 0 aliphatic rings.